The minimum absolute atomic E-state index is 0.0116. The van der Waals surface area contributed by atoms with Gasteiger partial charge in [-0.25, -0.2) is 18.7 Å². The summed E-state index contributed by atoms with van der Waals surface area (Å²) in [5.74, 6) is 0.400. The molecular formula is C12H8BrF2N3S. The van der Waals surface area contributed by atoms with E-state index in [1.54, 1.807) is 11.8 Å². The quantitative estimate of drug-likeness (QED) is 0.805. The first-order valence-electron chi connectivity index (χ1n) is 5.45. The fourth-order valence-electron chi connectivity index (χ4n) is 1.90. The second-order valence-corrected chi connectivity index (χ2v) is 5.85. The smallest absolute Gasteiger partial charge is 0.173 e. The van der Waals surface area contributed by atoms with Crippen molar-refractivity contribution in [3.05, 3.63) is 39.5 Å². The summed E-state index contributed by atoms with van der Waals surface area (Å²) in [6, 6.07) is 2.49. The molecule has 0 saturated carbocycles. The Balaban J connectivity index is 2.18. The lowest BCUT2D eigenvalue weighted by atomic mass is 10.1. The number of hydrogen-bond donors (Lipinski definition) is 1. The van der Waals surface area contributed by atoms with Crippen LogP contribution in [-0.4, -0.2) is 9.97 Å². The minimum Gasteiger partial charge on any atom is -0.383 e. The number of fused-ring (bicyclic) bond motifs is 1. The molecule has 0 fully saturated rings. The third kappa shape index (κ3) is 2.10. The van der Waals surface area contributed by atoms with Crippen molar-refractivity contribution < 1.29 is 8.78 Å². The van der Waals surface area contributed by atoms with Gasteiger partial charge in [0, 0.05) is 22.6 Å². The summed E-state index contributed by atoms with van der Waals surface area (Å²) in [5, 5.41) is 0. The van der Waals surface area contributed by atoms with Gasteiger partial charge in [0.05, 0.1) is 10.2 Å². The summed E-state index contributed by atoms with van der Waals surface area (Å²) in [4.78, 5) is 8.57. The van der Waals surface area contributed by atoms with Crippen molar-refractivity contribution >= 4 is 33.5 Å². The van der Waals surface area contributed by atoms with Crippen LogP contribution in [0.25, 0.3) is 11.4 Å². The normalized spacial score (nSPS) is 13.6. The molecule has 0 atom stereocenters. The van der Waals surface area contributed by atoms with Gasteiger partial charge in [0.2, 0.25) is 0 Å². The predicted octanol–water partition coefficient (Wildman–Crippen LogP) is 3.51. The van der Waals surface area contributed by atoms with Gasteiger partial charge in [0.1, 0.15) is 5.82 Å². The van der Waals surface area contributed by atoms with Gasteiger partial charge in [0.15, 0.2) is 17.5 Å². The van der Waals surface area contributed by atoms with Crippen molar-refractivity contribution in [2.75, 3.05) is 5.73 Å². The van der Waals surface area contributed by atoms with Crippen molar-refractivity contribution in [1.29, 1.82) is 0 Å². The molecule has 1 aliphatic heterocycles. The average molecular weight is 344 g/mol. The zero-order valence-electron chi connectivity index (χ0n) is 9.58. The van der Waals surface area contributed by atoms with Crippen LogP contribution in [0.5, 0.6) is 0 Å². The molecule has 0 saturated heterocycles. The van der Waals surface area contributed by atoms with Gasteiger partial charge < -0.3 is 5.73 Å². The molecule has 0 spiro atoms. The minimum atomic E-state index is -0.949. The highest BCUT2D eigenvalue weighted by molar-refractivity contribution is 9.10. The van der Waals surface area contributed by atoms with E-state index < -0.39 is 11.6 Å². The molecule has 0 bridgehead atoms. The summed E-state index contributed by atoms with van der Waals surface area (Å²) in [6.07, 6.45) is 0. The molecule has 3 nitrogen and oxygen atoms in total. The summed E-state index contributed by atoms with van der Waals surface area (Å²) in [6.45, 7) is 0. The van der Waals surface area contributed by atoms with E-state index in [9.17, 15) is 8.78 Å². The first kappa shape index (κ1) is 12.8. The average Bonchev–Trinajstić information content (AvgIpc) is 2.85. The zero-order valence-corrected chi connectivity index (χ0v) is 12.0. The van der Waals surface area contributed by atoms with E-state index in [1.807, 2.05) is 0 Å². The highest BCUT2D eigenvalue weighted by Gasteiger charge is 2.21. The molecule has 0 aliphatic carbocycles. The number of benzene rings is 1. The maximum absolute atomic E-state index is 13.5. The molecule has 0 unspecified atom stereocenters. The number of halogens is 3. The fourth-order valence-corrected chi connectivity index (χ4v) is 3.45. The van der Waals surface area contributed by atoms with Gasteiger partial charge in [0.25, 0.3) is 0 Å². The molecule has 19 heavy (non-hydrogen) atoms. The van der Waals surface area contributed by atoms with E-state index in [-0.39, 0.29) is 4.47 Å². The van der Waals surface area contributed by atoms with Crippen molar-refractivity contribution in [2.24, 2.45) is 0 Å². The Labute approximate surface area is 120 Å². The third-order valence-corrected chi connectivity index (χ3v) is 4.63. The fraction of sp³-hybridized carbons (Fsp3) is 0.167. The number of aromatic nitrogens is 2. The van der Waals surface area contributed by atoms with Crippen molar-refractivity contribution in [1.82, 2.24) is 9.97 Å². The van der Waals surface area contributed by atoms with Crippen LogP contribution in [0.3, 0.4) is 0 Å². The van der Waals surface area contributed by atoms with Crippen molar-refractivity contribution in [2.45, 2.75) is 11.5 Å². The first-order valence-corrected chi connectivity index (χ1v) is 7.39. The van der Waals surface area contributed by atoms with E-state index in [2.05, 4.69) is 25.9 Å². The molecule has 2 N–H and O–H groups in total. The van der Waals surface area contributed by atoms with Crippen LogP contribution in [0, 0.1) is 11.6 Å². The Morgan fingerprint density at radius 1 is 1.21 bits per heavy atom. The SMILES string of the molecule is Nc1nc(-c2ccc(F)c(F)c2Br)nc2c1CSC2. The van der Waals surface area contributed by atoms with Crippen molar-refractivity contribution in [3.8, 4) is 11.4 Å². The Morgan fingerprint density at radius 2 is 2.00 bits per heavy atom. The number of rotatable bonds is 1. The molecule has 0 amide bonds. The van der Waals surface area contributed by atoms with E-state index in [0.29, 0.717) is 17.2 Å². The highest BCUT2D eigenvalue weighted by atomic mass is 79.9. The summed E-state index contributed by atoms with van der Waals surface area (Å²) < 4.78 is 26.7. The molecule has 7 heteroatoms. The van der Waals surface area contributed by atoms with Crippen LogP contribution < -0.4 is 5.73 Å². The van der Waals surface area contributed by atoms with Crippen LogP contribution >= 0.6 is 27.7 Å². The van der Waals surface area contributed by atoms with Gasteiger partial charge in [-0.05, 0) is 28.1 Å². The number of anilines is 1. The molecule has 2 aromatic rings. The second kappa shape index (κ2) is 4.72. The van der Waals surface area contributed by atoms with Gasteiger partial charge in [-0.3, -0.25) is 0 Å². The maximum atomic E-state index is 13.5. The van der Waals surface area contributed by atoms with Gasteiger partial charge in [-0.15, -0.1) is 0 Å². The van der Waals surface area contributed by atoms with E-state index in [4.69, 9.17) is 5.73 Å². The number of nitrogens with zero attached hydrogens (tertiary/aromatic N) is 2. The largest absolute Gasteiger partial charge is 0.383 e. The number of nitrogens with two attached hydrogens (primary N) is 1. The Morgan fingerprint density at radius 3 is 2.79 bits per heavy atom. The van der Waals surface area contributed by atoms with E-state index in [1.165, 1.54) is 6.07 Å². The third-order valence-electron chi connectivity index (χ3n) is 2.89. The van der Waals surface area contributed by atoms with Crippen LogP contribution in [0.4, 0.5) is 14.6 Å². The van der Waals surface area contributed by atoms with Gasteiger partial charge in [-0.2, -0.15) is 11.8 Å². The molecule has 1 aromatic carbocycles. The zero-order chi connectivity index (χ0) is 13.6. The number of thioether (sulfide) groups is 1. The summed E-state index contributed by atoms with van der Waals surface area (Å²) in [7, 11) is 0. The molecule has 1 aliphatic rings. The Bertz CT molecular complexity index is 679. The lowest BCUT2D eigenvalue weighted by Crippen LogP contribution is -2.03. The number of nitrogen functional groups attached to an aromatic ring is 1. The summed E-state index contributed by atoms with van der Waals surface area (Å²) in [5.41, 5.74) is 8.08. The monoisotopic (exact) mass is 343 g/mol. The van der Waals surface area contributed by atoms with Crippen molar-refractivity contribution in [3.63, 3.8) is 0 Å². The topological polar surface area (TPSA) is 51.8 Å². The Kier molecular flexibility index (Phi) is 3.18. The molecule has 1 aromatic heterocycles. The molecule has 0 radical (unpaired) electrons. The molecule has 98 valence electrons. The lowest BCUT2D eigenvalue weighted by molar-refractivity contribution is 0.504. The second-order valence-electron chi connectivity index (χ2n) is 4.07. The lowest BCUT2D eigenvalue weighted by Gasteiger charge is -2.08. The van der Waals surface area contributed by atoms with Gasteiger partial charge >= 0.3 is 0 Å². The van der Waals surface area contributed by atoms with Crippen LogP contribution in [0.15, 0.2) is 16.6 Å². The standard InChI is InChI=1S/C12H8BrF2N3S/c13-9-5(1-2-7(14)10(9)15)12-17-8-4-19-3-6(8)11(16)18-12/h1-2H,3-4H2,(H2,16,17,18). The molecular weight excluding hydrogens is 336 g/mol. The van der Waals surface area contributed by atoms with E-state index >= 15 is 0 Å². The molecule has 2 heterocycles. The van der Waals surface area contributed by atoms with Crippen LogP contribution in [0.2, 0.25) is 0 Å². The summed E-state index contributed by atoms with van der Waals surface area (Å²) >= 11 is 4.73. The highest BCUT2D eigenvalue weighted by Crippen LogP contribution is 2.35. The van der Waals surface area contributed by atoms with Crippen LogP contribution in [-0.2, 0) is 11.5 Å². The maximum Gasteiger partial charge on any atom is 0.173 e. The Hall–Kier alpha value is -1.21. The van der Waals surface area contributed by atoms with Gasteiger partial charge in [-0.1, -0.05) is 0 Å². The van der Waals surface area contributed by atoms with Crippen LogP contribution in [0.1, 0.15) is 11.3 Å². The van der Waals surface area contributed by atoms with E-state index in [0.717, 1.165) is 28.8 Å². The number of hydrogen-bond acceptors (Lipinski definition) is 4. The molecule has 3 rings (SSSR count). The predicted molar refractivity (Wildman–Crippen MR) is 74.5 cm³/mol. The first-order chi connectivity index (χ1) is 9.08.